The van der Waals surface area contributed by atoms with Gasteiger partial charge in [-0.1, -0.05) is 13.0 Å². The molecule has 2 unspecified atom stereocenters. The summed E-state index contributed by atoms with van der Waals surface area (Å²) in [5.74, 6) is 1.58. The fourth-order valence-electron chi connectivity index (χ4n) is 2.57. The van der Waals surface area contributed by atoms with Gasteiger partial charge in [-0.15, -0.1) is 5.10 Å². The molecule has 2 atom stereocenters. The Morgan fingerprint density at radius 3 is 3.00 bits per heavy atom. The topological polar surface area (TPSA) is 42.2 Å². The quantitative estimate of drug-likeness (QED) is 0.862. The average Bonchev–Trinajstić information content (AvgIpc) is 2.84. The highest BCUT2D eigenvalue weighted by Gasteiger charge is 2.22. The molecule has 3 rings (SSSR count). The summed E-state index contributed by atoms with van der Waals surface area (Å²) < 4.78 is 1.84. The molecule has 2 aromatic heterocycles. The first-order chi connectivity index (χ1) is 8.20. The summed E-state index contributed by atoms with van der Waals surface area (Å²) >= 11 is 0. The average molecular weight is 230 g/mol. The highest BCUT2D eigenvalue weighted by Crippen LogP contribution is 2.26. The van der Waals surface area contributed by atoms with E-state index in [1.54, 1.807) is 0 Å². The molecule has 0 radical (unpaired) electrons. The van der Waals surface area contributed by atoms with Crippen LogP contribution < -0.4 is 5.32 Å². The zero-order valence-electron chi connectivity index (χ0n) is 10.3. The van der Waals surface area contributed by atoms with Gasteiger partial charge in [0.05, 0.1) is 0 Å². The van der Waals surface area contributed by atoms with Gasteiger partial charge in [-0.3, -0.25) is 0 Å². The summed E-state index contributed by atoms with van der Waals surface area (Å²) in [5.41, 5.74) is 2.10. The van der Waals surface area contributed by atoms with Crippen LogP contribution in [0.25, 0.3) is 5.65 Å². The third-order valence-corrected chi connectivity index (χ3v) is 3.51. The van der Waals surface area contributed by atoms with Gasteiger partial charge < -0.3 is 5.32 Å². The lowest BCUT2D eigenvalue weighted by molar-refractivity contribution is 0.601. The summed E-state index contributed by atoms with van der Waals surface area (Å²) in [7, 11) is 0. The van der Waals surface area contributed by atoms with E-state index in [4.69, 9.17) is 0 Å². The molecule has 0 spiro atoms. The zero-order chi connectivity index (χ0) is 11.8. The van der Waals surface area contributed by atoms with Gasteiger partial charge in [0, 0.05) is 12.2 Å². The van der Waals surface area contributed by atoms with Crippen molar-refractivity contribution in [1.29, 1.82) is 0 Å². The highest BCUT2D eigenvalue weighted by atomic mass is 15.3. The minimum Gasteiger partial charge on any atom is -0.350 e. The van der Waals surface area contributed by atoms with E-state index in [1.165, 1.54) is 24.8 Å². The van der Waals surface area contributed by atoms with Crippen LogP contribution in [0, 0.1) is 12.8 Å². The van der Waals surface area contributed by atoms with Crippen molar-refractivity contribution in [3.05, 3.63) is 23.9 Å². The van der Waals surface area contributed by atoms with E-state index < -0.39 is 0 Å². The molecule has 4 nitrogen and oxygen atoms in total. The van der Waals surface area contributed by atoms with Crippen molar-refractivity contribution in [1.82, 2.24) is 14.6 Å². The normalized spacial score (nSPS) is 24.4. The fraction of sp³-hybridized carbons (Fsp3) is 0.538. The van der Waals surface area contributed by atoms with Gasteiger partial charge >= 0.3 is 0 Å². The Labute approximate surface area is 101 Å². The van der Waals surface area contributed by atoms with Crippen LogP contribution in [0.15, 0.2) is 18.3 Å². The van der Waals surface area contributed by atoms with Crippen LogP contribution in [0.4, 0.5) is 5.95 Å². The summed E-state index contributed by atoms with van der Waals surface area (Å²) in [6, 6.07) is 4.61. The second-order valence-electron chi connectivity index (χ2n) is 5.20. The predicted octanol–water partition coefficient (Wildman–Crippen LogP) is 2.64. The third-order valence-electron chi connectivity index (χ3n) is 3.51. The van der Waals surface area contributed by atoms with Crippen molar-refractivity contribution in [2.24, 2.45) is 5.92 Å². The number of nitrogens with zero attached hydrogens (tertiary/aromatic N) is 3. The smallest absolute Gasteiger partial charge is 0.243 e. The van der Waals surface area contributed by atoms with Crippen molar-refractivity contribution in [2.75, 3.05) is 5.32 Å². The molecule has 1 fully saturated rings. The summed E-state index contributed by atoms with van der Waals surface area (Å²) in [6.45, 7) is 4.37. The van der Waals surface area contributed by atoms with Gasteiger partial charge in [0.15, 0.2) is 5.65 Å². The van der Waals surface area contributed by atoms with Crippen LogP contribution in [0.3, 0.4) is 0 Å². The second-order valence-corrected chi connectivity index (χ2v) is 5.20. The number of aryl methyl sites for hydroxylation is 1. The Bertz CT molecular complexity index is 531. The summed E-state index contributed by atoms with van der Waals surface area (Å²) in [5, 5.41) is 7.89. The van der Waals surface area contributed by atoms with Gasteiger partial charge in [0.1, 0.15) is 0 Å². The van der Waals surface area contributed by atoms with Crippen molar-refractivity contribution in [2.45, 2.75) is 39.2 Å². The van der Waals surface area contributed by atoms with E-state index in [1.807, 2.05) is 16.8 Å². The van der Waals surface area contributed by atoms with Crippen LogP contribution in [-0.2, 0) is 0 Å². The number of hydrogen-bond acceptors (Lipinski definition) is 3. The Morgan fingerprint density at radius 1 is 1.35 bits per heavy atom. The molecular weight excluding hydrogens is 212 g/mol. The standard InChI is InChI=1S/C13H18N4/c1-9-3-5-11(7-9)14-13-15-12-6-4-10(2)8-17(12)16-13/h4,6,8-9,11H,3,5,7H2,1-2H3,(H,14,16). The minimum atomic E-state index is 0.545. The lowest BCUT2D eigenvalue weighted by Crippen LogP contribution is -2.16. The van der Waals surface area contributed by atoms with E-state index in [0.717, 1.165) is 17.5 Å². The molecule has 1 saturated carbocycles. The van der Waals surface area contributed by atoms with Crippen molar-refractivity contribution in [3.8, 4) is 0 Å². The lowest BCUT2D eigenvalue weighted by Gasteiger charge is -2.09. The van der Waals surface area contributed by atoms with Gasteiger partial charge in [0.25, 0.3) is 0 Å². The van der Waals surface area contributed by atoms with Crippen LogP contribution >= 0.6 is 0 Å². The molecular formula is C13H18N4. The molecule has 1 aliphatic rings. The predicted molar refractivity (Wildman–Crippen MR) is 68.1 cm³/mol. The zero-order valence-corrected chi connectivity index (χ0v) is 10.3. The van der Waals surface area contributed by atoms with Crippen molar-refractivity contribution in [3.63, 3.8) is 0 Å². The Kier molecular flexibility index (Phi) is 2.50. The van der Waals surface area contributed by atoms with E-state index in [-0.39, 0.29) is 0 Å². The van der Waals surface area contributed by atoms with Crippen LogP contribution in [0.2, 0.25) is 0 Å². The molecule has 1 N–H and O–H groups in total. The highest BCUT2D eigenvalue weighted by molar-refractivity contribution is 5.44. The molecule has 0 aliphatic heterocycles. The molecule has 0 aromatic carbocycles. The largest absolute Gasteiger partial charge is 0.350 e. The number of nitrogens with one attached hydrogen (secondary N) is 1. The maximum atomic E-state index is 4.48. The number of hydrogen-bond donors (Lipinski definition) is 1. The molecule has 2 aromatic rings. The molecule has 0 bridgehead atoms. The lowest BCUT2D eigenvalue weighted by atomic mass is 10.1. The van der Waals surface area contributed by atoms with Gasteiger partial charge in [0.2, 0.25) is 5.95 Å². The molecule has 0 saturated heterocycles. The van der Waals surface area contributed by atoms with Gasteiger partial charge in [-0.25, -0.2) is 4.52 Å². The van der Waals surface area contributed by atoms with Gasteiger partial charge in [-0.05, 0) is 43.7 Å². The minimum absolute atomic E-state index is 0.545. The number of aromatic nitrogens is 3. The number of pyridine rings is 1. The molecule has 4 heteroatoms. The SMILES string of the molecule is Cc1ccc2nc(NC3CCC(C)C3)nn2c1. The third kappa shape index (κ3) is 2.12. The summed E-state index contributed by atoms with van der Waals surface area (Å²) in [6.07, 6.45) is 5.78. The Balaban J connectivity index is 1.81. The monoisotopic (exact) mass is 230 g/mol. The van der Waals surface area contributed by atoms with Crippen LogP contribution in [0.5, 0.6) is 0 Å². The second kappa shape index (κ2) is 4.02. The molecule has 90 valence electrons. The first kappa shape index (κ1) is 10.6. The van der Waals surface area contributed by atoms with Crippen LogP contribution in [-0.4, -0.2) is 20.6 Å². The van der Waals surface area contributed by atoms with E-state index in [9.17, 15) is 0 Å². The van der Waals surface area contributed by atoms with Crippen LogP contribution in [0.1, 0.15) is 31.7 Å². The Hall–Kier alpha value is -1.58. The van der Waals surface area contributed by atoms with Gasteiger partial charge in [-0.2, -0.15) is 4.98 Å². The summed E-state index contributed by atoms with van der Waals surface area (Å²) in [4.78, 5) is 4.48. The first-order valence-corrected chi connectivity index (χ1v) is 6.30. The number of fused-ring (bicyclic) bond motifs is 1. The van der Waals surface area contributed by atoms with E-state index >= 15 is 0 Å². The molecule has 2 heterocycles. The molecule has 1 aliphatic carbocycles. The van der Waals surface area contributed by atoms with E-state index in [0.29, 0.717) is 6.04 Å². The number of anilines is 1. The maximum Gasteiger partial charge on any atom is 0.243 e. The number of rotatable bonds is 2. The van der Waals surface area contributed by atoms with E-state index in [2.05, 4.69) is 35.3 Å². The molecule has 17 heavy (non-hydrogen) atoms. The maximum absolute atomic E-state index is 4.48. The first-order valence-electron chi connectivity index (χ1n) is 6.30. The Morgan fingerprint density at radius 2 is 2.24 bits per heavy atom. The fourth-order valence-corrected chi connectivity index (χ4v) is 2.57. The van der Waals surface area contributed by atoms with Crippen molar-refractivity contribution >= 4 is 11.6 Å². The molecule has 0 amide bonds. The van der Waals surface area contributed by atoms with Crippen molar-refractivity contribution < 1.29 is 0 Å².